The molecule has 1 atom stereocenters. The molecular weight excluding hydrogens is 314 g/mol. The first-order chi connectivity index (χ1) is 12.3. The Morgan fingerprint density at radius 2 is 1.88 bits per heavy atom. The summed E-state index contributed by atoms with van der Waals surface area (Å²) in [5.74, 6) is 2.10. The first-order valence-electron chi connectivity index (χ1n) is 9.49. The number of likely N-dealkylation sites (tertiary alicyclic amines) is 1. The molecule has 1 aliphatic carbocycles. The van der Waals surface area contributed by atoms with Crippen LogP contribution < -0.4 is 0 Å². The Kier molecular flexibility index (Phi) is 4.81. The van der Waals surface area contributed by atoms with Crippen LogP contribution in [0.1, 0.15) is 63.3 Å². The van der Waals surface area contributed by atoms with E-state index >= 15 is 0 Å². The molecule has 0 spiro atoms. The van der Waals surface area contributed by atoms with E-state index in [-0.39, 0.29) is 11.9 Å². The van der Waals surface area contributed by atoms with Gasteiger partial charge in [-0.05, 0) is 37.3 Å². The van der Waals surface area contributed by atoms with E-state index in [0.29, 0.717) is 18.2 Å². The molecule has 1 aromatic carbocycles. The Morgan fingerprint density at radius 3 is 2.68 bits per heavy atom. The number of aromatic nitrogens is 2. The summed E-state index contributed by atoms with van der Waals surface area (Å²) in [6.07, 6.45) is 8.84. The topological polar surface area (TPSA) is 59.2 Å². The Hall–Kier alpha value is -2.17. The van der Waals surface area contributed by atoms with Crippen molar-refractivity contribution >= 4 is 5.91 Å². The maximum absolute atomic E-state index is 12.7. The molecule has 1 saturated heterocycles. The van der Waals surface area contributed by atoms with E-state index in [0.717, 1.165) is 37.3 Å². The first kappa shape index (κ1) is 16.3. The molecular formula is C20H25N3O2. The van der Waals surface area contributed by atoms with Crippen molar-refractivity contribution in [3.8, 4) is 11.5 Å². The Labute approximate surface area is 148 Å². The highest BCUT2D eigenvalue weighted by atomic mass is 16.4. The molecule has 2 aromatic rings. The van der Waals surface area contributed by atoms with E-state index < -0.39 is 0 Å². The van der Waals surface area contributed by atoms with Gasteiger partial charge in [-0.25, -0.2) is 0 Å². The maximum atomic E-state index is 12.7. The zero-order valence-electron chi connectivity index (χ0n) is 14.6. The highest BCUT2D eigenvalue weighted by molar-refractivity contribution is 5.76. The minimum atomic E-state index is -0.0546. The van der Waals surface area contributed by atoms with Gasteiger partial charge in [-0.15, -0.1) is 10.2 Å². The van der Waals surface area contributed by atoms with Gasteiger partial charge in [-0.3, -0.25) is 4.79 Å². The van der Waals surface area contributed by atoms with Crippen molar-refractivity contribution in [1.82, 2.24) is 15.1 Å². The lowest BCUT2D eigenvalue weighted by atomic mass is 10.0. The quantitative estimate of drug-likeness (QED) is 0.811. The average Bonchev–Trinajstić information content (AvgIpc) is 3.41. The molecule has 2 aliphatic rings. The summed E-state index contributed by atoms with van der Waals surface area (Å²) in [6.45, 7) is 0.803. The molecule has 5 heteroatoms. The third kappa shape index (κ3) is 3.60. The number of nitrogens with zero attached hydrogens (tertiary/aromatic N) is 3. The fourth-order valence-corrected chi connectivity index (χ4v) is 4.16. The van der Waals surface area contributed by atoms with E-state index in [1.165, 1.54) is 25.7 Å². The molecule has 1 unspecified atom stereocenters. The second kappa shape index (κ2) is 7.38. The zero-order chi connectivity index (χ0) is 17.1. The standard InChI is InChI=1S/C20H25N3O2/c24-18(13-12-15-7-4-5-8-15)23-14-6-11-17(23)20-22-21-19(25-20)16-9-2-1-3-10-16/h1-3,9-10,15,17H,4-8,11-14H2. The normalized spacial score (nSPS) is 21.1. The van der Waals surface area contributed by atoms with Crippen LogP contribution in [0.2, 0.25) is 0 Å². The molecule has 1 amide bonds. The SMILES string of the molecule is O=C(CCC1CCCC1)N1CCCC1c1nnc(-c2ccccc2)o1. The third-order valence-electron chi connectivity index (χ3n) is 5.56. The van der Waals surface area contributed by atoms with Crippen molar-refractivity contribution in [2.75, 3.05) is 6.54 Å². The number of rotatable bonds is 5. The lowest BCUT2D eigenvalue weighted by Gasteiger charge is -2.22. The summed E-state index contributed by atoms with van der Waals surface area (Å²) in [4.78, 5) is 14.7. The third-order valence-corrected chi connectivity index (χ3v) is 5.56. The van der Waals surface area contributed by atoms with Crippen molar-refractivity contribution in [3.05, 3.63) is 36.2 Å². The molecule has 2 fully saturated rings. The van der Waals surface area contributed by atoms with Crippen molar-refractivity contribution in [1.29, 1.82) is 0 Å². The van der Waals surface area contributed by atoms with Gasteiger partial charge in [0.1, 0.15) is 6.04 Å². The smallest absolute Gasteiger partial charge is 0.247 e. The van der Waals surface area contributed by atoms with Crippen molar-refractivity contribution in [2.24, 2.45) is 5.92 Å². The van der Waals surface area contributed by atoms with Crippen LogP contribution in [0.15, 0.2) is 34.7 Å². The number of carbonyl (C=O) groups excluding carboxylic acids is 1. The van der Waals surface area contributed by atoms with Gasteiger partial charge in [0.25, 0.3) is 0 Å². The van der Waals surface area contributed by atoms with E-state index in [4.69, 9.17) is 4.42 Å². The lowest BCUT2D eigenvalue weighted by Crippen LogP contribution is -2.30. The number of benzene rings is 1. The molecule has 25 heavy (non-hydrogen) atoms. The van der Waals surface area contributed by atoms with Crippen molar-refractivity contribution in [3.63, 3.8) is 0 Å². The van der Waals surface area contributed by atoms with E-state index in [2.05, 4.69) is 10.2 Å². The highest BCUT2D eigenvalue weighted by Crippen LogP contribution is 2.34. The number of amides is 1. The highest BCUT2D eigenvalue weighted by Gasteiger charge is 2.34. The summed E-state index contributed by atoms with van der Waals surface area (Å²) in [5.41, 5.74) is 0.915. The van der Waals surface area contributed by atoms with Crippen LogP contribution in [0, 0.1) is 5.92 Å². The second-order valence-electron chi connectivity index (χ2n) is 7.25. The number of hydrogen-bond acceptors (Lipinski definition) is 4. The number of carbonyl (C=O) groups is 1. The minimum absolute atomic E-state index is 0.0546. The summed E-state index contributed by atoms with van der Waals surface area (Å²) in [5, 5.41) is 8.41. The van der Waals surface area contributed by atoms with Gasteiger partial charge in [0, 0.05) is 18.5 Å². The lowest BCUT2D eigenvalue weighted by molar-refractivity contribution is -0.132. The van der Waals surface area contributed by atoms with Crippen LogP contribution in [0.5, 0.6) is 0 Å². The second-order valence-corrected chi connectivity index (χ2v) is 7.25. The van der Waals surface area contributed by atoms with Crippen LogP contribution in [-0.2, 0) is 4.79 Å². The molecule has 132 valence electrons. The number of hydrogen-bond donors (Lipinski definition) is 0. The van der Waals surface area contributed by atoms with Crippen LogP contribution in [0.3, 0.4) is 0 Å². The van der Waals surface area contributed by atoms with Gasteiger partial charge in [0.2, 0.25) is 17.7 Å². The summed E-state index contributed by atoms with van der Waals surface area (Å²) >= 11 is 0. The predicted molar refractivity (Wildman–Crippen MR) is 94.6 cm³/mol. The minimum Gasteiger partial charge on any atom is -0.418 e. The molecule has 0 bridgehead atoms. The van der Waals surface area contributed by atoms with Crippen molar-refractivity contribution < 1.29 is 9.21 Å². The largest absolute Gasteiger partial charge is 0.418 e. The maximum Gasteiger partial charge on any atom is 0.247 e. The molecule has 1 aliphatic heterocycles. The van der Waals surface area contributed by atoms with Gasteiger partial charge in [0.05, 0.1) is 0 Å². The van der Waals surface area contributed by atoms with Crippen LogP contribution in [0.4, 0.5) is 0 Å². The summed E-state index contributed by atoms with van der Waals surface area (Å²) in [7, 11) is 0. The fraction of sp³-hybridized carbons (Fsp3) is 0.550. The fourth-order valence-electron chi connectivity index (χ4n) is 4.16. The zero-order valence-corrected chi connectivity index (χ0v) is 14.6. The van der Waals surface area contributed by atoms with Crippen LogP contribution in [-0.4, -0.2) is 27.5 Å². The molecule has 4 rings (SSSR count). The van der Waals surface area contributed by atoms with E-state index in [9.17, 15) is 4.79 Å². The van der Waals surface area contributed by atoms with Gasteiger partial charge in [-0.1, -0.05) is 43.9 Å². The molecule has 1 aromatic heterocycles. The molecule has 0 N–H and O–H groups in total. The first-order valence-corrected chi connectivity index (χ1v) is 9.49. The predicted octanol–water partition coefficient (Wildman–Crippen LogP) is 4.37. The molecule has 5 nitrogen and oxygen atoms in total. The monoisotopic (exact) mass is 339 g/mol. The summed E-state index contributed by atoms with van der Waals surface area (Å²) < 4.78 is 5.90. The molecule has 2 heterocycles. The van der Waals surface area contributed by atoms with Crippen molar-refractivity contribution in [2.45, 2.75) is 57.4 Å². The Morgan fingerprint density at radius 1 is 1.08 bits per heavy atom. The Balaban J connectivity index is 1.42. The summed E-state index contributed by atoms with van der Waals surface area (Å²) in [6, 6.07) is 9.72. The molecule has 1 saturated carbocycles. The Bertz CT molecular complexity index is 707. The van der Waals surface area contributed by atoms with Gasteiger partial charge in [0.15, 0.2) is 0 Å². The van der Waals surface area contributed by atoms with Crippen LogP contribution in [0.25, 0.3) is 11.5 Å². The van der Waals surface area contributed by atoms with Gasteiger partial charge >= 0.3 is 0 Å². The van der Waals surface area contributed by atoms with Crippen LogP contribution >= 0.6 is 0 Å². The van der Waals surface area contributed by atoms with E-state index in [1.54, 1.807) is 0 Å². The average molecular weight is 339 g/mol. The molecule has 0 radical (unpaired) electrons. The van der Waals surface area contributed by atoms with Gasteiger partial charge in [-0.2, -0.15) is 0 Å². The van der Waals surface area contributed by atoms with Gasteiger partial charge < -0.3 is 9.32 Å². The van der Waals surface area contributed by atoms with E-state index in [1.807, 2.05) is 35.2 Å².